The summed E-state index contributed by atoms with van der Waals surface area (Å²) in [7, 11) is 0. The predicted molar refractivity (Wildman–Crippen MR) is 100 cm³/mol. The molecule has 1 atom stereocenters. The lowest BCUT2D eigenvalue weighted by atomic mass is 10.1. The Hall–Kier alpha value is -2.67. The van der Waals surface area contributed by atoms with E-state index >= 15 is 0 Å². The first-order valence-corrected chi connectivity index (χ1v) is 9.00. The Morgan fingerprint density at radius 2 is 1.70 bits per heavy atom. The summed E-state index contributed by atoms with van der Waals surface area (Å²) in [4.78, 5) is 14.8. The molecule has 0 radical (unpaired) electrons. The molecule has 144 valence electrons. The minimum atomic E-state index is -2.96. The van der Waals surface area contributed by atoms with Gasteiger partial charge in [0.05, 0.1) is 11.7 Å². The van der Waals surface area contributed by atoms with Crippen molar-refractivity contribution in [1.82, 2.24) is 10.2 Å². The van der Waals surface area contributed by atoms with Crippen LogP contribution in [0, 0.1) is 0 Å². The molecule has 0 spiro atoms. The largest absolute Gasteiger partial charge is 0.433 e. The number of urea groups is 1. The van der Waals surface area contributed by atoms with Gasteiger partial charge in [0.2, 0.25) is 0 Å². The van der Waals surface area contributed by atoms with Gasteiger partial charge in [-0.25, -0.2) is 4.79 Å². The van der Waals surface area contributed by atoms with Crippen molar-refractivity contribution >= 4 is 11.7 Å². The van der Waals surface area contributed by atoms with Gasteiger partial charge in [-0.15, -0.1) is 0 Å². The second kappa shape index (κ2) is 9.32. The number of ether oxygens (including phenoxy) is 1. The Balaban J connectivity index is 1.69. The van der Waals surface area contributed by atoms with Crippen molar-refractivity contribution in [2.75, 3.05) is 25.0 Å². The molecule has 2 aromatic carbocycles. The Labute approximate surface area is 157 Å². The summed E-state index contributed by atoms with van der Waals surface area (Å²) >= 11 is 0. The van der Waals surface area contributed by atoms with Gasteiger partial charge in [0.1, 0.15) is 5.75 Å². The van der Waals surface area contributed by atoms with E-state index in [9.17, 15) is 13.6 Å². The van der Waals surface area contributed by atoms with Crippen molar-refractivity contribution in [2.24, 2.45) is 0 Å². The van der Waals surface area contributed by atoms with Crippen LogP contribution in [0.25, 0.3) is 0 Å². The van der Waals surface area contributed by atoms with Gasteiger partial charge in [-0.05, 0) is 43.6 Å². The highest BCUT2D eigenvalue weighted by molar-refractivity contribution is 5.91. The molecule has 2 amide bonds. The lowest BCUT2D eigenvalue weighted by Crippen LogP contribution is -2.39. The van der Waals surface area contributed by atoms with E-state index in [-0.39, 0.29) is 17.5 Å². The van der Waals surface area contributed by atoms with Crippen LogP contribution in [0.2, 0.25) is 0 Å². The fourth-order valence-electron chi connectivity index (χ4n) is 3.23. The fraction of sp³-hybridized carbons (Fsp3) is 0.350. The van der Waals surface area contributed by atoms with E-state index in [2.05, 4.69) is 20.3 Å². The third-order valence-corrected chi connectivity index (χ3v) is 4.50. The van der Waals surface area contributed by atoms with Crippen LogP contribution in [-0.2, 0) is 0 Å². The number of alkyl halides is 2. The van der Waals surface area contributed by atoms with Crippen LogP contribution in [0.3, 0.4) is 0 Å². The molecule has 1 saturated heterocycles. The third kappa shape index (κ3) is 5.65. The van der Waals surface area contributed by atoms with Crippen LogP contribution in [0.5, 0.6) is 5.75 Å². The first-order chi connectivity index (χ1) is 13.1. The quantitative estimate of drug-likeness (QED) is 0.761. The molecular weight excluding hydrogens is 352 g/mol. The van der Waals surface area contributed by atoms with Gasteiger partial charge in [-0.1, -0.05) is 42.5 Å². The first-order valence-electron chi connectivity index (χ1n) is 9.00. The monoisotopic (exact) mass is 375 g/mol. The van der Waals surface area contributed by atoms with Crippen molar-refractivity contribution in [1.29, 1.82) is 0 Å². The standard InChI is InChI=1S/C20H23F2N3O2/c21-19(22)27-18-11-5-4-10-16(18)23-20(26)24-17(14-25-12-6-7-13-25)15-8-2-1-3-9-15/h1-5,8-11,17,19H,6-7,12-14H2,(H2,23,24,26). The molecule has 1 fully saturated rings. The molecule has 5 nitrogen and oxygen atoms in total. The van der Waals surface area contributed by atoms with Gasteiger partial charge in [-0.3, -0.25) is 0 Å². The highest BCUT2D eigenvalue weighted by Crippen LogP contribution is 2.26. The summed E-state index contributed by atoms with van der Waals surface area (Å²) in [5, 5.41) is 5.57. The molecule has 0 aliphatic carbocycles. The van der Waals surface area contributed by atoms with Crippen LogP contribution >= 0.6 is 0 Å². The van der Waals surface area contributed by atoms with Gasteiger partial charge in [-0.2, -0.15) is 8.78 Å². The van der Waals surface area contributed by atoms with Crippen LogP contribution < -0.4 is 15.4 Å². The fourth-order valence-corrected chi connectivity index (χ4v) is 3.23. The number of benzene rings is 2. The maximum atomic E-state index is 12.5. The predicted octanol–water partition coefficient (Wildman–Crippen LogP) is 4.25. The minimum absolute atomic E-state index is 0.0709. The molecular formula is C20H23F2N3O2. The molecule has 2 aromatic rings. The summed E-state index contributed by atoms with van der Waals surface area (Å²) in [5.41, 5.74) is 1.19. The Morgan fingerprint density at radius 3 is 2.41 bits per heavy atom. The smallest absolute Gasteiger partial charge is 0.387 e. The molecule has 3 rings (SSSR count). The van der Waals surface area contributed by atoms with Crippen molar-refractivity contribution in [2.45, 2.75) is 25.5 Å². The highest BCUT2D eigenvalue weighted by atomic mass is 19.3. The maximum absolute atomic E-state index is 12.5. The lowest BCUT2D eigenvalue weighted by molar-refractivity contribution is -0.0493. The number of carbonyl (C=O) groups is 1. The van der Waals surface area contributed by atoms with E-state index in [1.807, 2.05) is 30.3 Å². The molecule has 7 heteroatoms. The first kappa shape index (κ1) is 19.1. The third-order valence-electron chi connectivity index (χ3n) is 4.50. The summed E-state index contributed by atoms with van der Waals surface area (Å²) in [6.07, 6.45) is 2.32. The van der Waals surface area contributed by atoms with E-state index in [4.69, 9.17) is 0 Å². The molecule has 1 heterocycles. The van der Waals surface area contributed by atoms with Gasteiger partial charge < -0.3 is 20.3 Å². The molecule has 1 unspecified atom stereocenters. The Kier molecular flexibility index (Phi) is 6.59. The number of nitrogens with one attached hydrogen (secondary N) is 2. The number of carbonyl (C=O) groups excluding carboxylic acids is 1. The normalized spacial score (nSPS) is 15.5. The molecule has 0 bridgehead atoms. The zero-order valence-corrected chi connectivity index (χ0v) is 14.9. The minimum Gasteiger partial charge on any atom is -0.433 e. The number of hydrogen-bond acceptors (Lipinski definition) is 3. The van der Waals surface area contributed by atoms with Crippen LogP contribution in [0.15, 0.2) is 54.6 Å². The van der Waals surface area contributed by atoms with Gasteiger partial charge >= 0.3 is 12.6 Å². The topological polar surface area (TPSA) is 53.6 Å². The Morgan fingerprint density at radius 1 is 1.04 bits per heavy atom. The van der Waals surface area contributed by atoms with Gasteiger partial charge in [0.25, 0.3) is 0 Å². The van der Waals surface area contributed by atoms with Crippen molar-refractivity contribution in [3.05, 3.63) is 60.2 Å². The van der Waals surface area contributed by atoms with Gasteiger partial charge in [0.15, 0.2) is 0 Å². The second-order valence-corrected chi connectivity index (χ2v) is 6.44. The number of anilines is 1. The van der Waals surface area contributed by atoms with Crippen molar-refractivity contribution < 1.29 is 18.3 Å². The SMILES string of the molecule is O=C(Nc1ccccc1OC(F)F)NC(CN1CCCC1)c1ccccc1. The molecule has 0 aromatic heterocycles. The molecule has 27 heavy (non-hydrogen) atoms. The average molecular weight is 375 g/mol. The summed E-state index contributed by atoms with van der Waals surface area (Å²) in [5.74, 6) is -0.0709. The second-order valence-electron chi connectivity index (χ2n) is 6.44. The molecule has 2 N–H and O–H groups in total. The van der Waals surface area contributed by atoms with Crippen LogP contribution in [0.4, 0.5) is 19.3 Å². The summed E-state index contributed by atoms with van der Waals surface area (Å²) in [6, 6.07) is 15.2. The number of hydrogen-bond donors (Lipinski definition) is 2. The zero-order valence-electron chi connectivity index (χ0n) is 14.9. The number of nitrogens with zero attached hydrogens (tertiary/aromatic N) is 1. The number of amides is 2. The number of likely N-dealkylation sites (tertiary alicyclic amines) is 1. The van der Waals surface area contributed by atoms with E-state index in [1.54, 1.807) is 12.1 Å². The van der Waals surface area contributed by atoms with Crippen LogP contribution in [0.1, 0.15) is 24.4 Å². The van der Waals surface area contributed by atoms with E-state index in [1.165, 1.54) is 12.1 Å². The summed E-state index contributed by atoms with van der Waals surface area (Å²) < 4.78 is 29.5. The summed E-state index contributed by atoms with van der Waals surface area (Å²) in [6.45, 7) is -0.231. The highest BCUT2D eigenvalue weighted by Gasteiger charge is 2.21. The Bertz CT molecular complexity index is 737. The van der Waals surface area contributed by atoms with Crippen molar-refractivity contribution in [3.63, 3.8) is 0 Å². The number of para-hydroxylation sites is 2. The van der Waals surface area contributed by atoms with Crippen LogP contribution in [-0.4, -0.2) is 37.2 Å². The average Bonchev–Trinajstić information content (AvgIpc) is 3.16. The zero-order chi connectivity index (χ0) is 19.1. The number of rotatable bonds is 7. The van der Waals surface area contributed by atoms with Crippen molar-refractivity contribution in [3.8, 4) is 5.75 Å². The molecule has 1 aliphatic rings. The maximum Gasteiger partial charge on any atom is 0.387 e. The van der Waals surface area contributed by atoms with Gasteiger partial charge in [0, 0.05) is 6.54 Å². The number of halogens is 2. The molecule has 0 saturated carbocycles. The van der Waals surface area contributed by atoms with E-state index in [0.717, 1.165) is 31.5 Å². The molecule has 1 aliphatic heterocycles. The van der Waals surface area contributed by atoms with E-state index < -0.39 is 12.6 Å². The lowest BCUT2D eigenvalue weighted by Gasteiger charge is -2.25. The van der Waals surface area contributed by atoms with E-state index in [0.29, 0.717) is 6.54 Å².